The van der Waals surface area contributed by atoms with Gasteiger partial charge in [-0.05, 0) is 24.6 Å². The highest BCUT2D eigenvalue weighted by Crippen LogP contribution is 2.07. The van der Waals surface area contributed by atoms with Crippen LogP contribution in [0.25, 0.3) is 0 Å². The van der Waals surface area contributed by atoms with E-state index in [0.29, 0.717) is 18.6 Å². The highest BCUT2D eigenvalue weighted by molar-refractivity contribution is 5.89. The third kappa shape index (κ3) is 3.90. The van der Waals surface area contributed by atoms with Gasteiger partial charge in [-0.2, -0.15) is 0 Å². The molecule has 0 aliphatic rings. The number of hydrogen-bond acceptors (Lipinski definition) is 3. The summed E-state index contributed by atoms with van der Waals surface area (Å²) >= 11 is 0. The standard InChI is InChI=1S/C13H17NO3/c1-4-17-13(16)11-7-5-10(6-8-11)9-12(15)14(2)3/h5-8H,4,9H2,1-3H3. The normalized spacial score (nSPS) is 9.82. The average Bonchev–Trinajstić information content (AvgIpc) is 2.30. The van der Waals surface area contributed by atoms with Crippen LogP contribution in [0.2, 0.25) is 0 Å². The average molecular weight is 235 g/mol. The summed E-state index contributed by atoms with van der Waals surface area (Å²) in [6.45, 7) is 2.13. The van der Waals surface area contributed by atoms with Crippen molar-refractivity contribution in [1.29, 1.82) is 0 Å². The Morgan fingerprint density at radius 1 is 1.18 bits per heavy atom. The summed E-state index contributed by atoms with van der Waals surface area (Å²) in [6.07, 6.45) is 0.343. The fraction of sp³-hybridized carbons (Fsp3) is 0.385. The highest BCUT2D eigenvalue weighted by atomic mass is 16.5. The first kappa shape index (κ1) is 13.2. The van der Waals surface area contributed by atoms with Crippen LogP contribution in [0.5, 0.6) is 0 Å². The van der Waals surface area contributed by atoms with Crippen LogP contribution in [0, 0.1) is 0 Å². The maximum atomic E-state index is 11.5. The zero-order chi connectivity index (χ0) is 12.8. The summed E-state index contributed by atoms with van der Waals surface area (Å²) < 4.78 is 4.87. The summed E-state index contributed by atoms with van der Waals surface area (Å²) in [4.78, 5) is 24.4. The molecule has 0 aliphatic heterocycles. The maximum Gasteiger partial charge on any atom is 0.338 e. The third-order valence-corrected chi connectivity index (χ3v) is 2.32. The first-order chi connectivity index (χ1) is 8.04. The number of carbonyl (C=O) groups is 2. The van der Waals surface area contributed by atoms with Gasteiger partial charge in [0, 0.05) is 14.1 Å². The minimum atomic E-state index is -0.335. The van der Waals surface area contributed by atoms with Crippen molar-refractivity contribution in [2.45, 2.75) is 13.3 Å². The van der Waals surface area contributed by atoms with Gasteiger partial charge < -0.3 is 9.64 Å². The first-order valence-corrected chi connectivity index (χ1v) is 5.50. The molecule has 1 amide bonds. The number of amides is 1. The van der Waals surface area contributed by atoms with Gasteiger partial charge in [0.15, 0.2) is 0 Å². The minimum Gasteiger partial charge on any atom is -0.462 e. The fourth-order valence-electron chi connectivity index (χ4n) is 1.31. The smallest absolute Gasteiger partial charge is 0.338 e. The zero-order valence-electron chi connectivity index (χ0n) is 10.4. The number of likely N-dealkylation sites (N-methyl/N-ethyl adjacent to an activating group) is 1. The lowest BCUT2D eigenvalue weighted by Crippen LogP contribution is -2.23. The van der Waals surface area contributed by atoms with E-state index >= 15 is 0 Å². The predicted molar refractivity (Wildman–Crippen MR) is 64.8 cm³/mol. The lowest BCUT2D eigenvalue weighted by molar-refractivity contribution is -0.127. The Morgan fingerprint density at radius 3 is 2.24 bits per heavy atom. The minimum absolute atomic E-state index is 0.0360. The predicted octanol–water partition coefficient (Wildman–Crippen LogP) is 1.49. The third-order valence-electron chi connectivity index (χ3n) is 2.32. The van der Waals surface area contributed by atoms with Crippen molar-refractivity contribution in [3.63, 3.8) is 0 Å². The number of hydrogen-bond donors (Lipinski definition) is 0. The number of ether oxygens (including phenoxy) is 1. The second-order valence-electron chi connectivity index (χ2n) is 3.88. The van der Waals surface area contributed by atoms with E-state index in [4.69, 9.17) is 4.74 Å². The summed E-state index contributed by atoms with van der Waals surface area (Å²) in [6, 6.07) is 6.90. The molecule has 92 valence electrons. The molecule has 0 aliphatic carbocycles. The number of benzene rings is 1. The largest absolute Gasteiger partial charge is 0.462 e. The molecule has 0 unspecified atom stereocenters. The van der Waals surface area contributed by atoms with E-state index in [0.717, 1.165) is 5.56 Å². The zero-order valence-corrected chi connectivity index (χ0v) is 10.4. The maximum absolute atomic E-state index is 11.5. The van der Waals surface area contributed by atoms with Crippen LogP contribution in [-0.4, -0.2) is 37.5 Å². The molecule has 17 heavy (non-hydrogen) atoms. The van der Waals surface area contributed by atoms with Crippen molar-refractivity contribution in [1.82, 2.24) is 4.90 Å². The molecule has 1 rings (SSSR count). The molecule has 4 nitrogen and oxygen atoms in total. The molecule has 0 aromatic heterocycles. The van der Waals surface area contributed by atoms with E-state index in [1.165, 1.54) is 0 Å². The van der Waals surface area contributed by atoms with Crippen molar-refractivity contribution in [3.8, 4) is 0 Å². The van der Waals surface area contributed by atoms with E-state index in [2.05, 4.69) is 0 Å². The molecule has 0 atom stereocenters. The van der Waals surface area contributed by atoms with Crippen LogP contribution in [0.3, 0.4) is 0 Å². The van der Waals surface area contributed by atoms with Crippen LogP contribution in [0.1, 0.15) is 22.8 Å². The Bertz CT molecular complexity index is 396. The molecule has 0 saturated heterocycles. The van der Waals surface area contributed by atoms with Gasteiger partial charge in [0.25, 0.3) is 0 Å². The molecule has 0 spiro atoms. The van der Waals surface area contributed by atoms with Crippen molar-refractivity contribution >= 4 is 11.9 Å². The number of esters is 1. The van der Waals surface area contributed by atoms with Crippen LogP contribution >= 0.6 is 0 Å². The highest BCUT2D eigenvalue weighted by Gasteiger charge is 2.08. The van der Waals surface area contributed by atoms with Crippen molar-refractivity contribution in [3.05, 3.63) is 35.4 Å². The van der Waals surface area contributed by atoms with Crippen LogP contribution in [0.15, 0.2) is 24.3 Å². The monoisotopic (exact) mass is 235 g/mol. The lowest BCUT2D eigenvalue weighted by atomic mass is 10.1. The fourth-order valence-corrected chi connectivity index (χ4v) is 1.31. The molecule has 0 radical (unpaired) electrons. The van der Waals surface area contributed by atoms with Crippen molar-refractivity contribution in [2.75, 3.05) is 20.7 Å². The van der Waals surface area contributed by atoms with Gasteiger partial charge in [-0.1, -0.05) is 12.1 Å². The first-order valence-electron chi connectivity index (χ1n) is 5.50. The van der Waals surface area contributed by atoms with Gasteiger partial charge in [0.05, 0.1) is 18.6 Å². The van der Waals surface area contributed by atoms with Crippen LogP contribution in [-0.2, 0) is 16.0 Å². The molecule has 1 aromatic rings. The van der Waals surface area contributed by atoms with Gasteiger partial charge in [0.2, 0.25) is 5.91 Å². The molecule has 4 heteroatoms. The van der Waals surface area contributed by atoms with Crippen molar-refractivity contribution < 1.29 is 14.3 Å². The molecule has 0 bridgehead atoms. The van der Waals surface area contributed by atoms with Crippen LogP contribution in [0.4, 0.5) is 0 Å². The SMILES string of the molecule is CCOC(=O)c1ccc(CC(=O)N(C)C)cc1. The quantitative estimate of drug-likeness (QED) is 0.743. The topological polar surface area (TPSA) is 46.6 Å². The van der Waals surface area contributed by atoms with Gasteiger partial charge in [-0.25, -0.2) is 4.79 Å². The van der Waals surface area contributed by atoms with E-state index < -0.39 is 0 Å². The van der Waals surface area contributed by atoms with Crippen molar-refractivity contribution in [2.24, 2.45) is 0 Å². The lowest BCUT2D eigenvalue weighted by Gasteiger charge is -2.10. The number of rotatable bonds is 4. The number of carbonyl (C=O) groups excluding carboxylic acids is 2. The summed E-state index contributed by atoms with van der Waals surface area (Å²) in [5.41, 5.74) is 1.39. The number of nitrogens with zero attached hydrogens (tertiary/aromatic N) is 1. The molecular formula is C13H17NO3. The second kappa shape index (κ2) is 6.03. The summed E-state index contributed by atoms with van der Waals surface area (Å²) in [5, 5.41) is 0. The molecular weight excluding hydrogens is 218 g/mol. The van der Waals surface area contributed by atoms with Gasteiger partial charge >= 0.3 is 5.97 Å². The Balaban J connectivity index is 2.68. The van der Waals surface area contributed by atoms with Crippen LogP contribution < -0.4 is 0 Å². The van der Waals surface area contributed by atoms with E-state index in [1.807, 2.05) is 0 Å². The van der Waals surface area contributed by atoms with E-state index in [1.54, 1.807) is 50.2 Å². The Labute approximate surface area is 101 Å². The molecule has 1 aromatic carbocycles. The Morgan fingerprint density at radius 2 is 1.76 bits per heavy atom. The van der Waals surface area contributed by atoms with E-state index in [9.17, 15) is 9.59 Å². The summed E-state index contributed by atoms with van der Waals surface area (Å²) in [7, 11) is 3.44. The Kier molecular flexibility index (Phi) is 4.69. The van der Waals surface area contributed by atoms with Gasteiger partial charge in [-0.15, -0.1) is 0 Å². The van der Waals surface area contributed by atoms with Gasteiger partial charge in [-0.3, -0.25) is 4.79 Å². The van der Waals surface area contributed by atoms with Gasteiger partial charge in [0.1, 0.15) is 0 Å². The molecule has 0 saturated carbocycles. The summed E-state index contributed by atoms with van der Waals surface area (Å²) in [5.74, 6) is -0.299. The Hall–Kier alpha value is -1.84. The molecule has 0 heterocycles. The second-order valence-corrected chi connectivity index (χ2v) is 3.88. The van der Waals surface area contributed by atoms with E-state index in [-0.39, 0.29) is 11.9 Å². The molecule has 0 fully saturated rings. The molecule has 0 N–H and O–H groups in total.